The summed E-state index contributed by atoms with van der Waals surface area (Å²) in [6.45, 7) is 9.18. The van der Waals surface area contributed by atoms with E-state index < -0.39 is 5.60 Å². The normalized spacial score (nSPS) is 24.9. The number of aliphatic hydroxyl groups is 1. The number of hydrogen-bond donors (Lipinski definition) is 1. The predicted octanol–water partition coefficient (Wildman–Crippen LogP) is 4.65. The molecule has 2 rings (SSSR count). The lowest BCUT2D eigenvalue weighted by atomic mass is 9.59. The molecule has 1 nitrogen and oxygen atoms in total. The summed E-state index contributed by atoms with van der Waals surface area (Å²) in [6.07, 6.45) is 5.01. The number of rotatable bonds is 3. The molecule has 1 aromatic rings. The van der Waals surface area contributed by atoms with E-state index in [9.17, 15) is 5.11 Å². The van der Waals surface area contributed by atoms with Gasteiger partial charge in [0.15, 0.2) is 0 Å². The molecule has 0 unspecified atom stereocenters. The zero-order valence-corrected chi connectivity index (χ0v) is 12.9. The fourth-order valence-electron chi connectivity index (χ4n) is 4.25. The van der Waals surface area contributed by atoms with Crippen molar-refractivity contribution in [2.75, 3.05) is 0 Å². The Kier molecular flexibility index (Phi) is 3.63. The van der Waals surface area contributed by atoms with Gasteiger partial charge in [0.1, 0.15) is 0 Å². The minimum atomic E-state index is -0.477. The van der Waals surface area contributed by atoms with Crippen molar-refractivity contribution in [3.8, 4) is 0 Å². The van der Waals surface area contributed by atoms with Crippen molar-refractivity contribution in [1.82, 2.24) is 0 Å². The summed E-state index contributed by atoms with van der Waals surface area (Å²) in [7, 11) is 0. The van der Waals surface area contributed by atoms with E-state index in [0.29, 0.717) is 0 Å². The van der Waals surface area contributed by atoms with Crippen LogP contribution >= 0.6 is 11.3 Å². The fourth-order valence-corrected chi connectivity index (χ4v) is 4.96. The van der Waals surface area contributed by atoms with Crippen LogP contribution in [0.5, 0.6) is 0 Å². The molecule has 2 heteroatoms. The van der Waals surface area contributed by atoms with Crippen LogP contribution in [0.15, 0.2) is 17.5 Å². The molecule has 1 N–H and O–H groups in total. The highest BCUT2D eigenvalue weighted by molar-refractivity contribution is 7.09. The van der Waals surface area contributed by atoms with Crippen LogP contribution in [0.4, 0.5) is 0 Å². The zero-order valence-electron chi connectivity index (χ0n) is 12.1. The lowest BCUT2D eigenvalue weighted by Crippen LogP contribution is -2.46. The molecule has 1 aliphatic rings. The topological polar surface area (TPSA) is 20.2 Å². The highest BCUT2D eigenvalue weighted by Gasteiger charge is 2.45. The van der Waals surface area contributed by atoms with Crippen LogP contribution in [0.3, 0.4) is 0 Å². The van der Waals surface area contributed by atoms with Gasteiger partial charge in [-0.25, -0.2) is 0 Å². The smallest absolute Gasteiger partial charge is 0.0661 e. The summed E-state index contributed by atoms with van der Waals surface area (Å²) >= 11 is 1.80. The van der Waals surface area contributed by atoms with Crippen molar-refractivity contribution in [3.63, 3.8) is 0 Å². The van der Waals surface area contributed by atoms with Gasteiger partial charge < -0.3 is 5.11 Å². The lowest BCUT2D eigenvalue weighted by molar-refractivity contribution is -0.0900. The van der Waals surface area contributed by atoms with Crippen LogP contribution in [0.25, 0.3) is 0 Å². The second-order valence-electron chi connectivity index (χ2n) is 7.66. The molecule has 1 saturated carbocycles. The average molecular weight is 266 g/mol. The molecule has 0 atom stereocenters. The Morgan fingerprint density at radius 2 is 1.72 bits per heavy atom. The quantitative estimate of drug-likeness (QED) is 0.844. The van der Waals surface area contributed by atoms with Crippen LogP contribution in [0.1, 0.15) is 58.3 Å². The van der Waals surface area contributed by atoms with Gasteiger partial charge >= 0.3 is 0 Å². The minimum absolute atomic E-state index is 0.256. The summed E-state index contributed by atoms with van der Waals surface area (Å²) in [5.41, 5.74) is 0.0349. The highest BCUT2D eigenvalue weighted by Crippen LogP contribution is 2.51. The Morgan fingerprint density at radius 1 is 1.11 bits per heavy atom. The van der Waals surface area contributed by atoms with Crippen LogP contribution < -0.4 is 0 Å². The van der Waals surface area contributed by atoms with Crippen LogP contribution in [0, 0.1) is 10.8 Å². The van der Waals surface area contributed by atoms with Crippen molar-refractivity contribution < 1.29 is 5.11 Å². The summed E-state index contributed by atoms with van der Waals surface area (Å²) in [4.78, 5) is 1.39. The minimum Gasteiger partial charge on any atom is -0.390 e. The van der Waals surface area contributed by atoms with E-state index >= 15 is 0 Å². The van der Waals surface area contributed by atoms with Gasteiger partial charge in [-0.1, -0.05) is 33.8 Å². The molecule has 0 spiro atoms. The second-order valence-corrected chi connectivity index (χ2v) is 8.69. The highest BCUT2D eigenvalue weighted by atomic mass is 32.1. The van der Waals surface area contributed by atoms with Gasteiger partial charge in [-0.2, -0.15) is 0 Å². The molecule has 1 heterocycles. The second kappa shape index (κ2) is 4.64. The van der Waals surface area contributed by atoms with Gasteiger partial charge in [0, 0.05) is 4.88 Å². The molecule has 0 bridgehead atoms. The molecule has 0 radical (unpaired) electrons. The molecule has 0 saturated heterocycles. The lowest BCUT2D eigenvalue weighted by Gasteiger charge is -2.49. The van der Waals surface area contributed by atoms with Crippen molar-refractivity contribution in [2.45, 2.75) is 65.4 Å². The van der Waals surface area contributed by atoms with E-state index in [4.69, 9.17) is 0 Å². The van der Waals surface area contributed by atoms with Crippen molar-refractivity contribution in [3.05, 3.63) is 22.4 Å². The number of hydrogen-bond acceptors (Lipinski definition) is 2. The van der Waals surface area contributed by atoms with Gasteiger partial charge in [-0.3, -0.25) is 0 Å². The van der Waals surface area contributed by atoms with Gasteiger partial charge in [0.25, 0.3) is 0 Å². The van der Waals surface area contributed by atoms with Crippen LogP contribution in [-0.2, 0) is 6.42 Å². The fraction of sp³-hybridized carbons (Fsp3) is 0.750. The Labute approximate surface area is 115 Å². The molecule has 102 valence electrons. The number of thiophene rings is 1. The summed E-state index contributed by atoms with van der Waals surface area (Å²) in [5.74, 6) is 0. The Balaban J connectivity index is 2.05. The molecule has 0 amide bonds. The van der Waals surface area contributed by atoms with E-state index in [1.807, 2.05) is 0 Å². The Hall–Kier alpha value is -0.340. The molecule has 18 heavy (non-hydrogen) atoms. The third-order valence-electron chi connectivity index (χ3n) is 3.99. The zero-order chi connectivity index (χ0) is 13.4. The van der Waals surface area contributed by atoms with Gasteiger partial charge in [-0.05, 0) is 54.4 Å². The first-order chi connectivity index (χ1) is 8.20. The largest absolute Gasteiger partial charge is 0.390 e. The maximum absolute atomic E-state index is 10.9. The van der Waals surface area contributed by atoms with Crippen molar-refractivity contribution >= 4 is 11.3 Å². The van der Waals surface area contributed by atoms with E-state index in [0.717, 1.165) is 25.7 Å². The molecule has 0 aromatic carbocycles. The van der Waals surface area contributed by atoms with E-state index in [1.54, 1.807) is 11.3 Å². The maximum atomic E-state index is 10.9. The summed E-state index contributed by atoms with van der Waals surface area (Å²) < 4.78 is 0. The molecule has 0 aliphatic heterocycles. The van der Waals surface area contributed by atoms with E-state index in [1.165, 1.54) is 11.3 Å². The Morgan fingerprint density at radius 3 is 2.22 bits per heavy atom. The van der Waals surface area contributed by atoms with Crippen molar-refractivity contribution in [2.24, 2.45) is 10.8 Å². The molecular formula is C16H26OS. The van der Waals surface area contributed by atoms with Crippen LogP contribution in [0.2, 0.25) is 0 Å². The van der Waals surface area contributed by atoms with Crippen molar-refractivity contribution in [1.29, 1.82) is 0 Å². The first-order valence-corrected chi connectivity index (χ1v) is 7.83. The van der Waals surface area contributed by atoms with E-state index in [-0.39, 0.29) is 10.8 Å². The third kappa shape index (κ3) is 3.58. The standard InChI is InChI=1S/C16H26OS/c1-14(2)10-15(3,4)12-16(17,11-14)8-7-13-6-5-9-18-13/h5-6,9,17H,7-8,10-12H2,1-4H3. The van der Waals surface area contributed by atoms with Gasteiger partial charge in [-0.15, -0.1) is 11.3 Å². The number of aryl methyl sites for hydroxylation is 1. The van der Waals surface area contributed by atoms with E-state index in [2.05, 4.69) is 45.2 Å². The molecule has 1 aromatic heterocycles. The predicted molar refractivity (Wildman–Crippen MR) is 79.0 cm³/mol. The molecule has 1 aliphatic carbocycles. The molecule has 1 fully saturated rings. The van der Waals surface area contributed by atoms with Gasteiger partial charge in [0.2, 0.25) is 0 Å². The Bertz CT molecular complexity index is 373. The summed E-state index contributed by atoms with van der Waals surface area (Å²) in [6, 6.07) is 4.27. The van der Waals surface area contributed by atoms with Crippen LogP contribution in [-0.4, -0.2) is 10.7 Å². The monoisotopic (exact) mass is 266 g/mol. The van der Waals surface area contributed by atoms with Gasteiger partial charge in [0.05, 0.1) is 5.60 Å². The third-order valence-corrected chi connectivity index (χ3v) is 4.93. The SMILES string of the molecule is CC1(C)CC(C)(C)CC(O)(CCc2cccs2)C1. The first-order valence-electron chi connectivity index (χ1n) is 6.95. The first kappa shape index (κ1) is 14.1. The maximum Gasteiger partial charge on any atom is 0.0661 e. The summed E-state index contributed by atoms with van der Waals surface area (Å²) in [5, 5.41) is 13.1. The molecular weight excluding hydrogens is 240 g/mol. The average Bonchev–Trinajstić information content (AvgIpc) is 2.60.